The van der Waals surface area contributed by atoms with E-state index in [1.165, 1.54) is 18.3 Å². The standard InChI is InChI=1S/C17H19N3O3S/c1-12(21)13-2-4-14(5-3-13)18-17(22)15-11-24-16(19-15)10-20-6-8-23-9-7-20/h2-5,11H,6-10H2,1H3,(H,18,22). The number of nitrogens with one attached hydrogen (secondary N) is 1. The lowest BCUT2D eigenvalue weighted by atomic mass is 10.1. The van der Waals surface area contributed by atoms with Gasteiger partial charge in [-0.3, -0.25) is 14.5 Å². The van der Waals surface area contributed by atoms with E-state index in [9.17, 15) is 9.59 Å². The van der Waals surface area contributed by atoms with Gasteiger partial charge in [0, 0.05) is 29.7 Å². The van der Waals surface area contributed by atoms with Crippen LogP contribution in [0.2, 0.25) is 0 Å². The third-order valence-electron chi connectivity index (χ3n) is 3.80. The van der Waals surface area contributed by atoms with E-state index in [-0.39, 0.29) is 11.7 Å². The van der Waals surface area contributed by atoms with Gasteiger partial charge in [-0.05, 0) is 31.2 Å². The fourth-order valence-corrected chi connectivity index (χ4v) is 3.24. The Morgan fingerprint density at radius 2 is 1.96 bits per heavy atom. The lowest BCUT2D eigenvalue weighted by Gasteiger charge is -2.25. The van der Waals surface area contributed by atoms with Gasteiger partial charge in [0.25, 0.3) is 5.91 Å². The molecule has 2 aromatic rings. The van der Waals surface area contributed by atoms with Crippen molar-refractivity contribution < 1.29 is 14.3 Å². The van der Waals surface area contributed by atoms with E-state index in [1.807, 2.05) is 0 Å². The lowest BCUT2D eigenvalue weighted by molar-refractivity contribution is 0.0341. The molecule has 0 atom stereocenters. The average Bonchev–Trinajstić information content (AvgIpc) is 3.05. The van der Waals surface area contributed by atoms with E-state index in [0.717, 1.165) is 37.9 Å². The van der Waals surface area contributed by atoms with Crippen molar-refractivity contribution >= 4 is 28.7 Å². The third-order valence-corrected chi connectivity index (χ3v) is 4.63. The van der Waals surface area contributed by atoms with Crippen LogP contribution in [-0.4, -0.2) is 47.9 Å². The number of ketones is 1. The molecule has 0 spiro atoms. The first-order valence-corrected chi connectivity index (χ1v) is 8.66. The molecule has 1 amide bonds. The number of Topliss-reactive ketones (excluding diaryl/α,β-unsaturated/α-hetero) is 1. The van der Waals surface area contributed by atoms with E-state index in [4.69, 9.17) is 4.74 Å². The molecule has 6 nitrogen and oxygen atoms in total. The van der Waals surface area contributed by atoms with Gasteiger partial charge in [0.05, 0.1) is 19.8 Å². The fourth-order valence-electron chi connectivity index (χ4n) is 2.42. The number of hydrogen-bond donors (Lipinski definition) is 1. The number of anilines is 1. The number of benzene rings is 1. The molecule has 0 bridgehead atoms. The fraction of sp³-hybridized carbons (Fsp3) is 0.353. The van der Waals surface area contributed by atoms with Gasteiger partial charge in [-0.1, -0.05) is 0 Å². The number of ether oxygens (including phenoxy) is 1. The number of morpholine rings is 1. The Labute approximate surface area is 144 Å². The maximum atomic E-state index is 12.3. The summed E-state index contributed by atoms with van der Waals surface area (Å²) in [4.78, 5) is 30.2. The molecule has 1 aromatic heterocycles. The van der Waals surface area contributed by atoms with Crippen molar-refractivity contribution in [1.82, 2.24) is 9.88 Å². The summed E-state index contributed by atoms with van der Waals surface area (Å²) in [5, 5.41) is 5.50. The zero-order chi connectivity index (χ0) is 16.9. The minimum atomic E-state index is -0.241. The second-order valence-corrected chi connectivity index (χ2v) is 6.55. The maximum Gasteiger partial charge on any atom is 0.275 e. The number of rotatable bonds is 5. The Kier molecular flexibility index (Phi) is 5.34. The highest BCUT2D eigenvalue weighted by atomic mass is 32.1. The molecule has 0 saturated carbocycles. The van der Waals surface area contributed by atoms with Crippen LogP contribution in [0, 0.1) is 0 Å². The largest absolute Gasteiger partial charge is 0.379 e. The number of aromatic nitrogens is 1. The first kappa shape index (κ1) is 16.8. The number of amides is 1. The van der Waals surface area contributed by atoms with Crippen molar-refractivity contribution in [3.63, 3.8) is 0 Å². The highest BCUT2D eigenvalue weighted by Gasteiger charge is 2.15. The molecule has 2 heterocycles. The summed E-state index contributed by atoms with van der Waals surface area (Å²) >= 11 is 1.49. The molecule has 0 radical (unpaired) electrons. The summed E-state index contributed by atoms with van der Waals surface area (Å²) in [6.07, 6.45) is 0. The second kappa shape index (κ2) is 7.65. The van der Waals surface area contributed by atoms with Gasteiger partial charge in [0.1, 0.15) is 10.7 Å². The van der Waals surface area contributed by atoms with E-state index in [0.29, 0.717) is 16.9 Å². The minimum absolute atomic E-state index is 0.000122. The predicted molar refractivity (Wildman–Crippen MR) is 92.6 cm³/mol. The molecule has 0 aliphatic carbocycles. The third kappa shape index (κ3) is 4.25. The molecule has 1 N–H and O–H groups in total. The van der Waals surface area contributed by atoms with E-state index < -0.39 is 0 Å². The zero-order valence-electron chi connectivity index (χ0n) is 13.4. The smallest absolute Gasteiger partial charge is 0.275 e. The average molecular weight is 345 g/mol. The highest BCUT2D eigenvalue weighted by Crippen LogP contribution is 2.16. The molecule has 7 heteroatoms. The lowest BCUT2D eigenvalue weighted by Crippen LogP contribution is -2.35. The van der Waals surface area contributed by atoms with Gasteiger partial charge in [-0.15, -0.1) is 11.3 Å². The predicted octanol–water partition coefficient (Wildman–Crippen LogP) is 2.43. The molecule has 1 fully saturated rings. The van der Waals surface area contributed by atoms with Crippen LogP contribution in [0.4, 0.5) is 5.69 Å². The van der Waals surface area contributed by atoms with Crippen molar-refractivity contribution in [3.8, 4) is 0 Å². The maximum absolute atomic E-state index is 12.3. The van der Waals surface area contributed by atoms with E-state index in [2.05, 4.69) is 15.2 Å². The molecular formula is C17H19N3O3S. The second-order valence-electron chi connectivity index (χ2n) is 5.60. The molecule has 126 valence electrons. The molecule has 1 saturated heterocycles. The first-order chi connectivity index (χ1) is 11.6. The summed E-state index contributed by atoms with van der Waals surface area (Å²) in [6, 6.07) is 6.83. The van der Waals surface area contributed by atoms with Crippen LogP contribution < -0.4 is 5.32 Å². The number of nitrogens with zero attached hydrogens (tertiary/aromatic N) is 2. The van der Waals surface area contributed by atoms with E-state index >= 15 is 0 Å². The normalized spacial score (nSPS) is 15.2. The van der Waals surface area contributed by atoms with Crippen LogP contribution in [0.25, 0.3) is 0 Å². The van der Waals surface area contributed by atoms with Gasteiger partial charge in [-0.25, -0.2) is 4.98 Å². The highest BCUT2D eigenvalue weighted by molar-refractivity contribution is 7.09. The van der Waals surface area contributed by atoms with Gasteiger partial charge in [-0.2, -0.15) is 0 Å². The molecule has 1 aromatic carbocycles. The number of carbonyl (C=O) groups is 2. The Morgan fingerprint density at radius 3 is 2.62 bits per heavy atom. The van der Waals surface area contributed by atoms with Gasteiger partial charge in [0.2, 0.25) is 0 Å². The van der Waals surface area contributed by atoms with Crippen molar-refractivity contribution in [2.75, 3.05) is 31.6 Å². The minimum Gasteiger partial charge on any atom is -0.379 e. The first-order valence-electron chi connectivity index (χ1n) is 7.78. The van der Waals surface area contributed by atoms with Gasteiger partial charge in [0.15, 0.2) is 5.78 Å². The Balaban J connectivity index is 1.59. The topological polar surface area (TPSA) is 71.5 Å². The van der Waals surface area contributed by atoms with Gasteiger partial charge < -0.3 is 10.1 Å². The zero-order valence-corrected chi connectivity index (χ0v) is 14.3. The Bertz CT molecular complexity index is 721. The molecule has 1 aliphatic rings. The quantitative estimate of drug-likeness (QED) is 0.843. The van der Waals surface area contributed by atoms with Crippen molar-refractivity contribution in [1.29, 1.82) is 0 Å². The van der Waals surface area contributed by atoms with Crippen LogP contribution in [0.1, 0.15) is 32.8 Å². The van der Waals surface area contributed by atoms with Gasteiger partial charge >= 0.3 is 0 Å². The molecular weight excluding hydrogens is 326 g/mol. The monoisotopic (exact) mass is 345 g/mol. The van der Waals surface area contributed by atoms with Crippen LogP contribution in [0.5, 0.6) is 0 Å². The summed E-state index contributed by atoms with van der Waals surface area (Å²) in [7, 11) is 0. The van der Waals surface area contributed by atoms with Crippen molar-refractivity contribution in [3.05, 3.63) is 45.9 Å². The summed E-state index contributed by atoms with van der Waals surface area (Å²) in [6.45, 7) is 5.53. The molecule has 1 aliphatic heterocycles. The summed E-state index contributed by atoms with van der Waals surface area (Å²) < 4.78 is 5.33. The SMILES string of the molecule is CC(=O)c1ccc(NC(=O)c2csc(CN3CCOCC3)n2)cc1. The Morgan fingerprint density at radius 1 is 1.25 bits per heavy atom. The number of carbonyl (C=O) groups excluding carboxylic acids is 2. The molecule has 3 rings (SSSR count). The summed E-state index contributed by atoms with van der Waals surface area (Å²) in [5.41, 5.74) is 1.68. The van der Waals surface area contributed by atoms with Crippen LogP contribution in [-0.2, 0) is 11.3 Å². The van der Waals surface area contributed by atoms with Crippen LogP contribution in [0.15, 0.2) is 29.6 Å². The van der Waals surface area contributed by atoms with Crippen LogP contribution in [0.3, 0.4) is 0 Å². The van der Waals surface area contributed by atoms with E-state index in [1.54, 1.807) is 29.6 Å². The molecule has 24 heavy (non-hydrogen) atoms. The Hall–Kier alpha value is -2.09. The number of hydrogen-bond acceptors (Lipinski definition) is 6. The van der Waals surface area contributed by atoms with Crippen LogP contribution >= 0.6 is 11.3 Å². The number of thiazole rings is 1. The summed E-state index contributed by atoms with van der Waals surface area (Å²) in [5.74, 6) is -0.241. The van der Waals surface area contributed by atoms with Crippen molar-refractivity contribution in [2.24, 2.45) is 0 Å². The van der Waals surface area contributed by atoms with Crippen molar-refractivity contribution in [2.45, 2.75) is 13.5 Å². The molecule has 0 unspecified atom stereocenters.